The van der Waals surface area contributed by atoms with Crippen molar-refractivity contribution < 1.29 is 17.9 Å². The minimum atomic E-state index is -3.68. The second-order valence-electron chi connectivity index (χ2n) is 7.06. The zero-order valence-corrected chi connectivity index (χ0v) is 17.2. The molecule has 8 nitrogen and oxygen atoms in total. The van der Waals surface area contributed by atoms with Gasteiger partial charge in [0.25, 0.3) is 10.0 Å². The first-order chi connectivity index (χ1) is 13.3. The van der Waals surface area contributed by atoms with E-state index in [1.807, 2.05) is 24.3 Å². The number of benzene rings is 1. The Bertz CT molecular complexity index is 955. The second-order valence-corrected chi connectivity index (χ2v) is 8.72. The highest BCUT2D eigenvalue weighted by atomic mass is 32.2. The van der Waals surface area contributed by atoms with Crippen LogP contribution in [-0.4, -0.2) is 48.7 Å². The topological polar surface area (TPSA) is 93.5 Å². The smallest absolute Gasteiger partial charge is 0.257 e. The summed E-state index contributed by atoms with van der Waals surface area (Å²) in [5, 5.41) is 4.23. The average Bonchev–Trinajstić information content (AvgIpc) is 2.92. The monoisotopic (exact) mass is 406 g/mol. The van der Waals surface area contributed by atoms with E-state index in [0.29, 0.717) is 38.0 Å². The van der Waals surface area contributed by atoms with Crippen LogP contribution in [0.2, 0.25) is 0 Å². The molecular weight excluding hydrogens is 380 g/mol. The van der Waals surface area contributed by atoms with E-state index >= 15 is 0 Å². The number of amides is 1. The average molecular weight is 407 g/mol. The number of aromatic nitrogens is 2. The van der Waals surface area contributed by atoms with Crippen molar-refractivity contribution in [2.75, 3.05) is 13.7 Å². The van der Waals surface area contributed by atoms with Crippen LogP contribution in [0.3, 0.4) is 0 Å². The van der Waals surface area contributed by atoms with E-state index in [0.717, 1.165) is 11.3 Å². The van der Waals surface area contributed by atoms with Crippen molar-refractivity contribution in [2.45, 2.75) is 43.8 Å². The Kier molecular flexibility index (Phi) is 6.04. The van der Waals surface area contributed by atoms with Gasteiger partial charge in [-0.05, 0) is 43.5 Å². The maximum absolute atomic E-state index is 12.7. The van der Waals surface area contributed by atoms with E-state index in [1.54, 1.807) is 32.0 Å². The van der Waals surface area contributed by atoms with Gasteiger partial charge >= 0.3 is 0 Å². The first kappa shape index (κ1) is 20.3. The molecule has 1 amide bonds. The molecule has 0 aliphatic carbocycles. The van der Waals surface area contributed by atoms with Crippen LogP contribution >= 0.6 is 0 Å². The number of nitrogens with one attached hydrogen (secondary N) is 1. The van der Waals surface area contributed by atoms with Gasteiger partial charge in [0, 0.05) is 32.6 Å². The highest BCUT2D eigenvalue weighted by Crippen LogP contribution is 2.20. The summed E-state index contributed by atoms with van der Waals surface area (Å²) in [6.07, 6.45) is 1.34. The fourth-order valence-corrected chi connectivity index (χ4v) is 4.94. The molecule has 1 aromatic carbocycles. The quantitative estimate of drug-likeness (QED) is 0.786. The van der Waals surface area contributed by atoms with Gasteiger partial charge in [-0.3, -0.25) is 9.48 Å². The van der Waals surface area contributed by atoms with Crippen molar-refractivity contribution >= 4 is 15.9 Å². The van der Waals surface area contributed by atoms with Crippen LogP contribution in [-0.2, 0) is 28.4 Å². The Morgan fingerprint density at radius 2 is 2.07 bits per heavy atom. The summed E-state index contributed by atoms with van der Waals surface area (Å²) in [6.45, 7) is 2.73. The SMILES string of the molecule is COc1cccc(CN2CCC(NS(=O)(=O)c3cc(C)nn3C)CCC2=O)c1. The van der Waals surface area contributed by atoms with E-state index in [2.05, 4.69) is 9.82 Å². The second kappa shape index (κ2) is 8.32. The molecular formula is C19H26N4O4S. The van der Waals surface area contributed by atoms with Crippen LogP contribution in [0.4, 0.5) is 0 Å². The van der Waals surface area contributed by atoms with Crippen LogP contribution in [0.1, 0.15) is 30.5 Å². The van der Waals surface area contributed by atoms with Crippen molar-refractivity contribution in [3.8, 4) is 5.75 Å². The Balaban J connectivity index is 1.66. The van der Waals surface area contributed by atoms with Crippen molar-refractivity contribution in [3.63, 3.8) is 0 Å². The normalized spacial score (nSPS) is 18.2. The lowest BCUT2D eigenvalue weighted by molar-refractivity contribution is -0.131. The number of aryl methyl sites for hydroxylation is 2. The number of methoxy groups -OCH3 is 1. The lowest BCUT2D eigenvalue weighted by atomic mass is 10.1. The maximum Gasteiger partial charge on any atom is 0.257 e. The van der Waals surface area contributed by atoms with Gasteiger partial charge < -0.3 is 9.64 Å². The lowest BCUT2D eigenvalue weighted by Crippen LogP contribution is -2.36. The fraction of sp³-hybridized carbons (Fsp3) is 0.474. The number of carbonyl (C=O) groups is 1. The third-order valence-corrected chi connectivity index (χ3v) is 6.45. The molecule has 0 bridgehead atoms. The number of nitrogens with zero attached hydrogens (tertiary/aromatic N) is 3. The van der Waals surface area contributed by atoms with Gasteiger partial charge in [0.1, 0.15) is 5.75 Å². The molecule has 1 N–H and O–H groups in total. The van der Waals surface area contributed by atoms with Gasteiger partial charge in [0.15, 0.2) is 5.03 Å². The molecule has 1 aliphatic rings. The molecule has 9 heteroatoms. The summed E-state index contributed by atoms with van der Waals surface area (Å²) in [7, 11) is -0.472. The molecule has 2 heterocycles. The van der Waals surface area contributed by atoms with Crippen molar-refractivity contribution in [3.05, 3.63) is 41.6 Å². The van der Waals surface area contributed by atoms with E-state index in [9.17, 15) is 13.2 Å². The Morgan fingerprint density at radius 1 is 1.29 bits per heavy atom. The number of likely N-dealkylation sites (tertiary alicyclic amines) is 1. The first-order valence-corrected chi connectivity index (χ1v) is 10.7. The number of sulfonamides is 1. The molecule has 152 valence electrons. The molecule has 28 heavy (non-hydrogen) atoms. The predicted molar refractivity (Wildman–Crippen MR) is 104 cm³/mol. The van der Waals surface area contributed by atoms with Gasteiger partial charge in [-0.15, -0.1) is 0 Å². The van der Waals surface area contributed by atoms with Crippen LogP contribution < -0.4 is 9.46 Å². The highest BCUT2D eigenvalue weighted by Gasteiger charge is 2.28. The van der Waals surface area contributed by atoms with Gasteiger partial charge in [0.2, 0.25) is 5.91 Å². The predicted octanol–water partition coefficient (Wildman–Crippen LogP) is 1.60. The maximum atomic E-state index is 12.7. The van der Waals surface area contributed by atoms with Crippen LogP contribution in [0, 0.1) is 6.92 Å². The van der Waals surface area contributed by atoms with Crippen molar-refractivity contribution in [1.82, 2.24) is 19.4 Å². The van der Waals surface area contributed by atoms with Crippen LogP contribution in [0.25, 0.3) is 0 Å². The number of rotatable bonds is 6. The zero-order chi connectivity index (χ0) is 20.3. The summed E-state index contributed by atoms with van der Waals surface area (Å²) in [4.78, 5) is 14.3. The van der Waals surface area contributed by atoms with Gasteiger partial charge in [-0.2, -0.15) is 5.10 Å². The third kappa shape index (κ3) is 4.71. The molecule has 3 rings (SSSR count). The van der Waals surface area contributed by atoms with Gasteiger partial charge in [-0.25, -0.2) is 13.1 Å². The van der Waals surface area contributed by atoms with Crippen LogP contribution in [0.15, 0.2) is 35.4 Å². The minimum Gasteiger partial charge on any atom is -0.497 e. The molecule has 1 atom stereocenters. The Morgan fingerprint density at radius 3 is 2.75 bits per heavy atom. The lowest BCUT2D eigenvalue weighted by Gasteiger charge is -2.21. The molecule has 2 aromatic rings. The summed E-state index contributed by atoms with van der Waals surface area (Å²) in [5.41, 5.74) is 1.63. The molecule has 1 unspecified atom stereocenters. The van der Waals surface area contributed by atoms with E-state index in [1.165, 1.54) is 4.68 Å². The summed E-state index contributed by atoms with van der Waals surface area (Å²) in [6, 6.07) is 8.86. The molecule has 1 aromatic heterocycles. The molecule has 1 aliphatic heterocycles. The molecule has 0 radical (unpaired) electrons. The summed E-state index contributed by atoms with van der Waals surface area (Å²) >= 11 is 0. The number of hydrogen-bond acceptors (Lipinski definition) is 5. The third-order valence-electron chi connectivity index (χ3n) is 4.87. The van der Waals surface area contributed by atoms with Crippen LogP contribution in [0.5, 0.6) is 5.75 Å². The zero-order valence-electron chi connectivity index (χ0n) is 16.4. The van der Waals surface area contributed by atoms with E-state index in [4.69, 9.17) is 4.74 Å². The van der Waals surface area contributed by atoms with E-state index in [-0.39, 0.29) is 17.0 Å². The van der Waals surface area contributed by atoms with E-state index < -0.39 is 10.0 Å². The summed E-state index contributed by atoms with van der Waals surface area (Å²) in [5.74, 6) is 0.776. The highest BCUT2D eigenvalue weighted by molar-refractivity contribution is 7.89. The summed E-state index contributed by atoms with van der Waals surface area (Å²) < 4.78 is 34.7. The standard InChI is InChI=1S/C19H26N4O4S/c1-14-11-19(22(2)20-14)28(25,26)21-16-7-8-18(24)23(10-9-16)13-15-5-4-6-17(12-15)27-3/h4-6,11-12,16,21H,7-10,13H2,1-3H3. The van der Waals surface area contributed by atoms with Crippen molar-refractivity contribution in [1.29, 1.82) is 0 Å². The molecule has 0 saturated carbocycles. The van der Waals surface area contributed by atoms with Gasteiger partial charge in [-0.1, -0.05) is 12.1 Å². The first-order valence-electron chi connectivity index (χ1n) is 9.22. The number of carbonyl (C=O) groups excluding carboxylic acids is 1. The largest absolute Gasteiger partial charge is 0.497 e. The molecule has 1 fully saturated rings. The Labute approximate surface area is 165 Å². The Hall–Kier alpha value is -2.39. The fourth-order valence-electron chi connectivity index (χ4n) is 3.43. The van der Waals surface area contributed by atoms with Gasteiger partial charge in [0.05, 0.1) is 12.8 Å². The number of hydrogen-bond donors (Lipinski definition) is 1. The number of ether oxygens (including phenoxy) is 1. The molecule has 0 spiro atoms. The minimum absolute atomic E-state index is 0.0286. The molecule has 1 saturated heterocycles. The van der Waals surface area contributed by atoms with Crippen molar-refractivity contribution in [2.24, 2.45) is 7.05 Å².